The minimum absolute atomic E-state index is 0.00940. The van der Waals surface area contributed by atoms with Gasteiger partial charge in [0.05, 0.1) is 11.1 Å². The van der Waals surface area contributed by atoms with E-state index in [2.05, 4.69) is 20.7 Å². The average Bonchev–Trinajstić information content (AvgIpc) is 3.76. The Kier molecular flexibility index (Phi) is 8.23. The quantitative estimate of drug-likeness (QED) is 0.192. The van der Waals surface area contributed by atoms with Crippen molar-refractivity contribution < 1.29 is 33.8 Å². The van der Waals surface area contributed by atoms with Crippen molar-refractivity contribution in [2.24, 2.45) is 0 Å². The van der Waals surface area contributed by atoms with E-state index in [1.165, 1.54) is 41.3 Å². The van der Waals surface area contributed by atoms with Crippen molar-refractivity contribution in [1.29, 1.82) is 0 Å². The summed E-state index contributed by atoms with van der Waals surface area (Å²) in [5, 5.41) is 19.7. The number of benzene rings is 2. The van der Waals surface area contributed by atoms with E-state index in [4.69, 9.17) is 9.47 Å². The summed E-state index contributed by atoms with van der Waals surface area (Å²) in [4.78, 5) is 56.7. The van der Waals surface area contributed by atoms with Crippen molar-refractivity contribution >= 4 is 40.9 Å². The zero-order chi connectivity index (χ0) is 30.7. The fraction of sp³-hybridized carbons (Fsp3) is 0.267. The van der Waals surface area contributed by atoms with Gasteiger partial charge in [0.25, 0.3) is 11.8 Å². The molecular weight excluding hydrogens is 556 g/mol. The number of rotatable bonds is 9. The molecule has 1 fully saturated rings. The molecule has 0 saturated heterocycles. The number of amides is 3. The third kappa shape index (κ3) is 6.25. The van der Waals surface area contributed by atoms with Gasteiger partial charge in [-0.05, 0) is 81.1 Å². The van der Waals surface area contributed by atoms with E-state index in [0.29, 0.717) is 47.5 Å². The highest BCUT2D eigenvalue weighted by atomic mass is 16.7. The number of nitrogens with one attached hydrogen (secondary N) is 2. The molecule has 3 amide bonds. The lowest BCUT2D eigenvalue weighted by Gasteiger charge is -2.19. The Morgan fingerprint density at radius 2 is 1.77 bits per heavy atom. The molecule has 1 aliphatic rings. The third-order valence-corrected chi connectivity index (χ3v) is 6.95. The minimum Gasteiger partial charge on any atom is -0.508 e. The van der Waals surface area contributed by atoms with Crippen LogP contribution in [0.15, 0.2) is 55.0 Å². The van der Waals surface area contributed by atoms with E-state index in [1.807, 2.05) is 19.9 Å². The van der Waals surface area contributed by atoms with Crippen LogP contribution >= 0.6 is 0 Å². The van der Waals surface area contributed by atoms with Crippen molar-refractivity contribution in [2.45, 2.75) is 39.7 Å². The molecule has 1 aliphatic carbocycles. The van der Waals surface area contributed by atoms with Gasteiger partial charge < -0.3 is 25.2 Å². The van der Waals surface area contributed by atoms with E-state index in [0.717, 1.165) is 10.5 Å². The van der Waals surface area contributed by atoms with E-state index in [9.17, 15) is 24.3 Å². The Bertz CT molecular complexity index is 1710. The Hall–Kier alpha value is -5.46. The Labute approximate surface area is 246 Å². The van der Waals surface area contributed by atoms with Crippen molar-refractivity contribution in [2.75, 3.05) is 18.7 Å². The maximum absolute atomic E-state index is 13.7. The van der Waals surface area contributed by atoms with Gasteiger partial charge in [-0.25, -0.2) is 24.0 Å². The van der Waals surface area contributed by atoms with Crippen molar-refractivity contribution in [1.82, 2.24) is 24.8 Å². The number of nitrogens with zero attached hydrogens (tertiary/aromatic N) is 4. The first-order valence-electron chi connectivity index (χ1n) is 13.6. The van der Waals surface area contributed by atoms with Crippen LogP contribution < -0.4 is 10.6 Å². The molecule has 13 nitrogen and oxygen atoms in total. The lowest BCUT2D eigenvalue weighted by atomic mass is 10.1. The Balaban J connectivity index is 1.34. The predicted octanol–water partition coefficient (Wildman–Crippen LogP) is 4.10. The Morgan fingerprint density at radius 1 is 1.05 bits per heavy atom. The lowest BCUT2D eigenvalue weighted by Crippen LogP contribution is -2.39. The number of hydrogen-bond acceptors (Lipinski definition) is 10. The fourth-order valence-electron chi connectivity index (χ4n) is 4.50. The normalized spacial score (nSPS) is 12.4. The molecule has 0 atom stereocenters. The number of imide groups is 1. The summed E-state index contributed by atoms with van der Waals surface area (Å²) >= 11 is 0. The SMILES string of the molecule is CCNC(=O)c1ccc(C)c(Nc2ncnn3cc(C(=O)N(C(=O)OCOC(=O)c4ccc(O)cc4)C4CC4)c(C)c23)c1. The highest BCUT2D eigenvalue weighted by molar-refractivity contribution is 6.06. The van der Waals surface area contributed by atoms with Crippen molar-refractivity contribution in [3.05, 3.63) is 82.8 Å². The highest BCUT2D eigenvalue weighted by Gasteiger charge is 2.40. The molecule has 222 valence electrons. The number of phenols is 1. The minimum atomic E-state index is -0.942. The first-order chi connectivity index (χ1) is 20.7. The number of phenolic OH excluding ortho intramolecular Hbond substituents is 1. The van der Waals surface area contributed by atoms with Gasteiger partial charge in [-0.3, -0.25) is 9.59 Å². The van der Waals surface area contributed by atoms with Gasteiger partial charge >= 0.3 is 12.1 Å². The number of carbonyl (C=O) groups is 4. The van der Waals surface area contributed by atoms with Gasteiger partial charge in [0.15, 0.2) is 5.82 Å². The van der Waals surface area contributed by atoms with Crippen LogP contribution in [0.3, 0.4) is 0 Å². The monoisotopic (exact) mass is 586 g/mol. The number of fused-ring (bicyclic) bond motifs is 1. The fourth-order valence-corrected chi connectivity index (χ4v) is 4.50. The molecule has 5 rings (SSSR count). The second-order valence-electron chi connectivity index (χ2n) is 10.00. The molecule has 43 heavy (non-hydrogen) atoms. The van der Waals surface area contributed by atoms with Crippen LogP contribution in [0.25, 0.3) is 5.52 Å². The summed E-state index contributed by atoms with van der Waals surface area (Å²) in [6.45, 7) is 5.27. The number of aryl methyl sites for hydroxylation is 2. The molecule has 2 heterocycles. The molecule has 13 heteroatoms. The van der Waals surface area contributed by atoms with Crippen LogP contribution in [0.2, 0.25) is 0 Å². The predicted molar refractivity (Wildman–Crippen MR) is 154 cm³/mol. The van der Waals surface area contributed by atoms with Crippen LogP contribution in [0.1, 0.15) is 62.0 Å². The third-order valence-electron chi connectivity index (χ3n) is 6.95. The lowest BCUT2D eigenvalue weighted by molar-refractivity contribution is -0.0110. The van der Waals surface area contributed by atoms with Crippen LogP contribution in [0, 0.1) is 13.8 Å². The number of anilines is 2. The maximum Gasteiger partial charge on any atom is 0.419 e. The molecule has 0 spiro atoms. The second kappa shape index (κ2) is 12.2. The van der Waals surface area contributed by atoms with E-state index >= 15 is 0 Å². The number of ether oxygens (including phenoxy) is 2. The number of aromatic nitrogens is 3. The van der Waals surface area contributed by atoms with Gasteiger partial charge in [0, 0.05) is 30.0 Å². The smallest absolute Gasteiger partial charge is 0.419 e. The number of hydrogen-bond donors (Lipinski definition) is 3. The van der Waals surface area contributed by atoms with Gasteiger partial charge in [-0.2, -0.15) is 5.10 Å². The van der Waals surface area contributed by atoms with Crippen molar-refractivity contribution in [3.63, 3.8) is 0 Å². The summed E-state index contributed by atoms with van der Waals surface area (Å²) in [6.07, 6.45) is 3.15. The van der Waals surface area contributed by atoms with Gasteiger partial charge in [-0.1, -0.05) is 6.07 Å². The van der Waals surface area contributed by atoms with E-state index in [-0.39, 0.29) is 28.8 Å². The summed E-state index contributed by atoms with van der Waals surface area (Å²) in [6, 6.07) is 10.3. The molecule has 0 bridgehead atoms. The Morgan fingerprint density at radius 3 is 2.47 bits per heavy atom. The highest BCUT2D eigenvalue weighted by Crippen LogP contribution is 2.32. The first kappa shape index (κ1) is 29.0. The number of esters is 1. The van der Waals surface area contributed by atoms with Crippen LogP contribution in [-0.4, -0.2) is 67.9 Å². The number of aromatic hydroxyl groups is 1. The van der Waals surface area contributed by atoms with Gasteiger partial charge in [0.1, 0.15) is 17.6 Å². The largest absolute Gasteiger partial charge is 0.508 e. The van der Waals surface area contributed by atoms with Gasteiger partial charge in [0.2, 0.25) is 6.79 Å². The van der Waals surface area contributed by atoms with E-state index < -0.39 is 24.8 Å². The summed E-state index contributed by atoms with van der Waals surface area (Å²) in [5.41, 5.74) is 3.44. The zero-order valence-electron chi connectivity index (χ0n) is 23.8. The topological polar surface area (TPSA) is 164 Å². The maximum atomic E-state index is 13.7. The molecule has 0 aliphatic heterocycles. The molecule has 0 unspecified atom stereocenters. The summed E-state index contributed by atoms with van der Waals surface area (Å²) in [5.74, 6) is -1.14. The summed E-state index contributed by atoms with van der Waals surface area (Å²) < 4.78 is 11.6. The average molecular weight is 587 g/mol. The van der Waals surface area contributed by atoms with Crippen LogP contribution in [0.5, 0.6) is 5.75 Å². The molecule has 2 aromatic carbocycles. The number of carbonyl (C=O) groups excluding carboxylic acids is 4. The molecule has 0 radical (unpaired) electrons. The standard InChI is InChI=1S/C30H30N6O7/c1-4-31-27(38)20-6-5-17(2)24(13-20)34-26-25-18(3)23(14-35(25)33-15-32-26)28(39)36(21-9-10-21)30(41)43-16-42-29(40)19-7-11-22(37)12-8-19/h5-8,11-15,21,37H,4,9-10,16H2,1-3H3,(H,31,38)(H,32,33,34). The van der Waals surface area contributed by atoms with E-state index in [1.54, 1.807) is 19.1 Å². The molecule has 4 aromatic rings. The molecular formula is C30H30N6O7. The molecule has 3 N–H and O–H groups in total. The zero-order valence-corrected chi connectivity index (χ0v) is 23.8. The second-order valence-corrected chi connectivity index (χ2v) is 10.00. The molecule has 1 saturated carbocycles. The van der Waals surface area contributed by atoms with Crippen LogP contribution in [-0.2, 0) is 9.47 Å². The van der Waals surface area contributed by atoms with Gasteiger partial charge in [-0.15, -0.1) is 0 Å². The van der Waals surface area contributed by atoms with Crippen molar-refractivity contribution in [3.8, 4) is 5.75 Å². The molecule has 2 aromatic heterocycles. The summed E-state index contributed by atoms with van der Waals surface area (Å²) in [7, 11) is 0. The first-order valence-corrected chi connectivity index (χ1v) is 13.6. The van der Waals surface area contributed by atoms with Crippen LogP contribution in [0.4, 0.5) is 16.3 Å².